The second-order valence-corrected chi connectivity index (χ2v) is 8.34. The van der Waals surface area contributed by atoms with Gasteiger partial charge in [-0.15, -0.1) is 0 Å². The smallest absolute Gasteiger partial charge is 0.408 e. The van der Waals surface area contributed by atoms with Gasteiger partial charge < -0.3 is 15.4 Å². The van der Waals surface area contributed by atoms with E-state index in [0.717, 1.165) is 5.92 Å². The van der Waals surface area contributed by atoms with Gasteiger partial charge in [-0.05, 0) is 83.7 Å². The molecule has 0 aromatic rings. The molecule has 0 radical (unpaired) electrons. The van der Waals surface area contributed by atoms with E-state index in [-0.39, 0.29) is 11.6 Å². The average molecular weight is 280 g/mol. The van der Waals surface area contributed by atoms with Gasteiger partial charge in [0.2, 0.25) is 0 Å². The molecule has 4 rings (SSSR count). The summed E-state index contributed by atoms with van der Waals surface area (Å²) in [6.07, 6.45) is 7.29. The fourth-order valence-electron chi connectivity index (χ4n) is 4.57. The highest BCUT2D eigenvalue weighted by molar-refractivity contribution is 5.69. The van der Waals surface area contributed by atoms with Gasteiger partial charge in [-0.2, -0.15) is 0 Å². The molecule has 4 fully saturated rings. The van der Waals surface area contributed by atoms with Crippen molar-refractivity contribution in [3.05, 3.63) is 0 Å². The fourth-order valence-corrected chi connectivity index (χ4v) is 4.57. The van der Waals surface area contributed by atoms with Crippen LogP contribution in [0.1, 0.15) is 59.3 Å². The molecule has 3 saturated carbocycles. The van der Waals surface area contributed by atoms with E-state index < -0.39 is 5.60 Å². The number of carbonyl (C=O) groups excluding carboxylic acids is 1. The Hall–Kier alpha value is -0.770. The number of hydrogen-bond donors (Lipinski definition) is 2. The highest BCUT2D eigenvalue weighted by Crippen LogP contribution is 2.70. The van der Waals surface area contributed by atoms with Crippen molar-refractivity contribution in [3.63, 3.8) is 0 Å². The van der Waals surface area contributed by atoms with Gasteiger partial charge in [0.1, 0.15) is 5.60 Å². The van der Waals surface area contributed by atoms with Gasteiger partial charge in [0.25, 0.3) is 0 Å². The summed E-state index contributed by atoms with van der Waals surface area (Å²) in [6.45, 7) is 8.09. The Balaban J connectivity index is 1.42. The van der Waals surface area contributed by atoms with Crippen LogP contribution in [0.4, 0.5) is 4.79 Å². The summed E-state index contributed by atoms with van der Waals surface area (Å²) in [7, 11) is 0. The maximum Gasteiger partial charge on any atom is 0.408 e. The summed E-state index contributed by atoms with van der Waals surface area (Å²) in [5.41, 5.74) is 0.229. The fraction of sp³-hybridized carbons (Fsp3) is 0.938. The summed E-state index contributed by atoms with van der Waals surface area (Å²) >= 11 is 0. The molecule has 4 aliphatic rings. The predicted molar refractivity (Wildman–Crippen MR) is 78.6 cm³/mol. The quantitative estimate of drug-likeness (QED) is 0.836. The summed E-state index contributed by atoms with van der Waals surface area (Å²) in [4.78, 5) is 11.8. The highest BCUT2D eigenvalue weighted by atomic mass is 16.6. The van der Waals surface area contributed by atoms with Crippen molar-refractivity contribution >= 4 is 6.09 Å². The number of nitrogens with one attached hydrogen (secondary N) is 2. The third-order valence-corrected chi connectivity index (χ3v) is 5.09. The molecule has 114 valence electrons. The molecule has 20 heavy (non-hydrogen) atoms. The van der Waals surface area contributed by atoms with Crippen molar-refractivity contribution in [2.24, 2.45) is 11.3 Å². The van der Waals surface area contributed by atoms with Crippen LogP contribution >= 0.6 is 0 Å². The molecule has 3 aliphatic carbocycles. The Morgan fingerprint density at radius 3 is 2.40 bits per heavy atom. The maximum absolute atomic E-state index is 11.8. The molecule has 0 aromatic carbocycles. The maximum atomic E-state index is 11.8. The van der Waals surface area contributed by atoms with Crippen molar-refractivity contribution in [2.75, 3.05) is 13.1 Å². The average Bonchev–Trinajstić information content (AvgIpc) is 2.23. The first-order valence-electron chi connectivity index (χ1n) is 8.02. The molecule has 0 aromatic heterocycles. The zero-order valence-corrected chi connectivity index (χ0v) is 13.1. The Bertz CT molecular complexity index is 374. The molecule has 0 atom stereocenters. The first kappa shape index (κ1) is 14.2. The van der Waals surface area contributed by atoms with E-state index in [2.05, 4.69) is 10.6 Å². The molecule has 0 unspecified atom stereocenters. The van der Waals surface area contributed by atoms with Gasteiger partial charge in [0, 0.05) is 5.54 Å². The molecule has 4 nitrogen and oxygen atoms in total. The molecule has 4 heteroatoms. The lowest BCUT2D eigenvalue weighted by Gasteiger charge is -2.71. The van der Waals surface area contributed by atoms with E-state index in [9.17, 15) is 4.79 Å². The molecule has 1 heterocycles. The Labute approximate surface area is 122 Å². The van der Waals surface area contributed by atoms with E-state index in [0.29, 0.717) is 5.41 Å². The molecular formula is C16H28N2O2. The van der Waals surface area contributed by atoms with Crippen LogP contribution in [0.3, 0.4) is 0 Å². The summed E-state index contributed by atoms with van der Waals surface area (Å²) in [5, 5.41) is 6.53. The zero-order valence-electron chi connectivity index (χ0n) is 13.1. The molecule has 1 saturated heterocycles. The normalized spacial score (nSPS) is 36.8. The number of hydrogen-bond acceptors (Lipinski definition) is 3. The number of alkyl carbamates (subject to hydrolysis) is 1. The van der Waals surface area contributed by atoms with Crippen molar-refractivity contribution in [3.8, 4) is 0 Å². The van der Waals surface area contributed by atoms with Crippen molar-refractivity contribution in [2.45, 2.75) is 70.4 Å². The van der Waals surface area contributed by atoms with Crippen molar-refractivity contribution in [1.82, 2.24) is 10.6 Å². The topological polar surface area (TPSA) is 50.4 Å². The largest absolute Gasteiger partial charge is 0.444 e. The minimum atomic E-state index is -0.402. The molecule has 1 amide bonds. The first-order valence-corrected chi connectivity index (χ1v) is 8.02. The van der Waals surface area contributed by atoms with Gasteiger partial charge in [-0.1, -0.05) is 0 Å². The molecule has 2 bridgehead atoms. The van der Waals surface area contributed by atoms with Crippen LogP contribution in [0.5, 0.6) is 0 Å². The second kappa shape index (κ2) is 4.62. The zero-order chi connectivity index (χ0) is 14.4. The number of piperidine rings is 1. The summed E-state index contributed by atoms with van der Waals surface area (Å²) in [5.74, 6) is 0.899. The monoisotopic (exact) mass is 280 g/mol. The summed E-state index contributed by atoms with van der Waals surface area (Å²) in [6, 6.07) is 0. The third-order valence-electron chi connectivity index (χ3n) is 5.09. The molecule has 2 N–H and O–H groups in total. The minimum Gasteiger partial charge on any atom is -0.444 e. The molecular weight excluding hydrogens is 252 g/mol. The lowest BCUT2D eigenvalue weighted by atomic mass is 9.37. The predicted octanol–water partition coefficient (Wildman–Crippen LogP) is 2.82. The Morgan fingerprint density at radius 2 is 1.85 bits per heavy atom. The van der Waals surface area contributed by atoms with E-state index in [1.165, 1.54) is 51.6 Å². The van der Waals surface area contributed by atoms with Gasteiger partial charge >= 0.3 is 6.09 Å². The number of carbonyl (C=O) groups is 1. The van der Waals surface area contributed by atoms with Crippen LogP contribution in [0.25, 0.3) is 0 Å². The van der Waals surface area contributed by atoms with E-state index in [1.807, 2.05) is 20.8 Å². The number of amides is 1. The van der Waals surface area contributed by atoms with Crippen LogP contribution < -0.4 is 10.6 Å². The number of ether oxygens (including phenoxy) is 1. The number of rotatable bonds is 3. The van der Waals surface area contributed by atoms with Crippen LogP contribution in [0.15, 0.2) is 0 Å². The van der Waals surface area contributed by atoms with Crippen LogP contribution in [-0.4, -0.2) is 30.3 Å². The van der Waals surface area contributed by atoms with Gasteiger partial charge in [0.15, 0.2) is 0 Å². The van der Waals surface area contributed by atoms with Crippen molar-refractivity contribution in [1.29, 1.82) is 0 Å². The highest BCUT2D eigenvalue weighted by Gasteiger charge is 2.68. The lowest BCUT2D eigenvalue weighted by Crippen LogP contribution is -2.75. The van der Waals surface area contributed by atoms with Crippen LogP contribution in [0, 0.1) is 11.3 Å². The van der Waals surface area contributed by atoms with Crippen LogP contribution in [-0.2, 0) is 4.74 Å². The van der Waals surface area contributed by atoms with Crippen LogP contribution in [0.2, 0.25) is 0 Å². The first-order chi connectivity index (χ1) is 9.30. The SMILES string of the molecule is CC(C)(C)OC(=O)NC12CC(CC3CCNCC3)(C1)C2. The lowest BCUT2D eigenvalue weighted by molar-refractivity contribution is -0.165. The van der Waals surface area contributed by atoms with Gasteiger partial charge in [0.05, 0.1) is 0 Å². The standard InChI is InChI=1S/C16H28N2O2/c1-14(2,3)20-13(19)18-16-9-15(10-16,11-16)8-12-4-6-17-7-5-12/h12,17H,4-11H2,1-3H3,(H,18,19). The summed E-state index contributed by atoms with van der Waals surface area (Å²) < 4.78 is 5.36. The molecule has 1 aliphatic heterocycles. The Kier molecular flexibility index (Phi) is 3.27. The Morgan fingerprint density at radius 1 is 1.25 bits per heavy atom. The molecule has 0 spiro atoms. The van der Waals surface area contributed by atoms with Gasteiger partial charge in [-0.25, -0.2) is 4.79 Å². The second-order valence-electron chi connectivity index (χ2n) is 8.34. The third kappa shape index (κ3) is 2.80. The van der Waals surface area contributed by atoms with E-state index in [4.69, 9.17) is 4.74 Å². The van der Waals surface area contributed by atoms with E-state index in [1.54, 1.807) is 0 Å². The minimum absolute atomic E-state index is 0.0786. The van der Waals surface area contributed by atoms with E-state index >= 15 is 0 Å². The van der Waals surface area contributed by atoms with Gasteiger partial charge in [-0.3, -0.25) is 0 Å². The van der Waals surface area contributed by atoms with Crippen molar-refractivity contribution < 1.29 is 9.53 Å².